The van der Waals surface area contributed by atoms with E-state index in [-0.39, 0.29) is 25.1 Å². The first-order valence-electron chi connectivity index (χ1n) is 11.4. The van der Waals surface area contributed by atoms with Crippen molar-refractivity contribution in [2.45, 2.75) is 45.9 Å². The van der Waals surface area contributed by atoms with E-state index in [0.717, 1.165) is 10.1 Å². The predicted octanol–water partition coefficient (Wildman–Crippen LogP) is 4.24. The molecule has 1 N–H and O–H groups in total. The Labute approximate surface area is 217 Å². The molecule has 0 aliphatic heterocycles. The summed E-state index contributed by atoms with van der Waals surface area (Å²) in [5.74, 6) is 0.100. The van der Waals surface area contributed by atoms with Gasteiger partial charge in [0.15, 0.2) is 0 Å². The highest BCUT2D eigenvalue weighted by Crippen LogP contribution is 2.47. The largest absolute Gasteiger partial charge is 0.489 e. The molecular weight excluding hydrogens is 507 g/mol. The number of anilines is 2. The summed E-state index contributed by atoms with van der Waals surface area (Å²) >= 11 is 12.4. The minimum atomic E-state index is -0.883. The van der Waals surface area contributed by atoms with E-state index in [0.29, 0.717) is 34.3 Å². The van der Waals surface area contributed by atoms with Crippen molar-refractivity contribution in [3.63, 3.8) is 0 Å². The van der Waals surface area contributed by atoms with Crippen molar-refractivity contribution in [3.05, 3.63) is 79.0 Å². The van der Waals surface area contributed by atoms with E-state index in [9.17, 15) is 14.4 Å². The smallest absolute Gasteiger partial charge is 0.354 e. The number of aromatic nitrogens is 3. The quantitative estimate of drug-likeness (QED) is 0.410. The zero-order valence-corrected chi connectivity index (χ0v) is 21.6. The van der Waals surface area contributed by atoms with Crippen molar-refractivity contribution < 1.29 is 14.3 Å². The second-order valence-corrected chi connectivity index (χ2v) is 9.85. The molecule has 36 heavy (non-hydrogen) atoms. The average Bonchev–Trinajstić information content (AvgIpc) is 3.62. The van der Waals surface area contributed by atoms with E-state index in [2.05, 4.69) is 10.3 Å². The Kier molecular flexibility index (Phi) is 7.42. The Hall–Kier alpha value is -3.30. The zero-order chi connectivity index (χ0) is 26.0. The van der Waals surface area contributed by atoms with Gasteiger partial charge in [0.25, 0.3) is 0 Å². The topological polar surface area (TPSA) is 104 Å². The number of hydrogen-bond donors (Lipinski definition) is 1. The summed E-state index contributed by atoms with van der Waals surface area (Å²) in [5, 5.41) is 3.95. The molecule has 0 atom stereocenters. The van der Waals surface area contributed by atoms with Crippen LogP contribution in [0.15, 0.2) is 52.1 Å². The summed E-state index contributed by atoms with van der Waals surface area (Å²) in [6.45, 7) is 3.79. The Balaban J connectivity index is 1.74. The number of halogens is 2. The van der Waals surface area contributed by atoms with Crippen LogP contribution in [0.25, 0.3) is 0 Å². The molecule has 0 spiro atoms. The Morgan fingerprint density at radius 3 is 2.39 bits per heavy atom. The lowest BCUT2D eigenvalue weighted by Crippen LogP contribution is -2.45. The molecule has 4 rings (SSSR count). The van der Waals surface area contributed by atoms with Crippen LogP contribution in [0.3, 0.4) is 0 Å². The molecular formula is C25H26Cl2N4O5. The molecule has 1 heterocycles. The van der Waals surface area contributed by atoms with Crippen LogP contribution >= 0.6 is 23.2 Å². The number of carbonyl (C=O) groups is 1. The average molecular weight is 533 g/mol. The maximum absolute atomic E-state index is 13.6. The maximum atomic E-state index is 13.6. The minimum absolute atomic E-state index is 0.0349. The summed E-state index contributed by atoms with van der Waals surface area (Å²) in [5.41, 5.74) is -0.973. The lowest BCUT2D eigenvalue weighted by molar-refractivity contribution is -0.147. The first-order valence-corrected chi connectivity index (χ1v) is 12.2. The molecule has 0 bridgehead atoms. The molecule has 11 heteroatoms. The monoisotopic (exact) mass is 532 g/mol. The molecule has 3 aromatic rings. The van der Waals surface area contributed by atoms with Crippen molar-refractivity contribution in [3.8, 4) is 5.75 Å². The number of esters is 1. The molecule has 1 aromatic heterocycles. The van der Waals surface area contributed by atoms with Gasteiger partial charge < -0.3 is 14.8 Å². The molecule has 1 aliphatic carbocycles. The van der Waals surface area contributed by atoms with Crippen LogP contribution in [0.5, 0.6) is 5.75 Å². The molecule has 0 unspecified atom stereocenters. The van der Waals surface area contributed by atoms with Crippen LogP contribution < -0.4 is 21.4 Å². The van der Waals surface area contributed by atoms with Crippen molar-refractivity contribution in [1.29, 1.82) is 0 Å². The molecule has 1 fully saturated rings. The number of methoxy groups -OCH3 is 1. The SMILES string of the molecule is COC(=O)C1(Cn2c(=O)nc(Nc3ccc(OC(C)C)c(Cl)c3)n(Cc3ccc(Cl)cc3)c2=O)CC1. The first-order chi connectivity index (χ1) is 17.1. The summed E-state index contributed by atoms with van der Waals surface area (Å²) < 4.78 is 12.9. The van der Waals surface area contributed by atoms with Gasteiger partial charge >= 0.3 is 17.3 Å². The van der Waals surface area contributed by atoms with Crippen molar-refractivity contribution in [2.24, 2.45) is 5.41 Å². The highest BCUT2D eigenvalue weighted by Gasteiger charge is 2.52. The van der Waals surface area contributed by atoms with Gasteiger partial charge in [-0.3, -0.25) is 9.36 Å². The van der Waals surface area contributed by atoms with Gasteiger partial charge in [-0.25, -0.2) is 14.2 Å². The molecule has 190 valence electrons. The van der Waals surface area contributed by atoms with Gasteiger partial charge in [-0.2, -0.15) is 4.98 Å². The summed E-state index contributed by atoms with van der Waals surface area (Å²) in [6, 6.07) is 12.0. The lowest BCUT2D eigenvalue weighted by atomic mass is 10.1. The van der Waals surface area contributed by atoms with Gasteiger partial charge in [0, 0.05) is 17.3 Å². The highest BCUT2D eigenvalue weighted by molar-refractivity contribution is 6.32. The number of carbonyl (C=O) groups excluding carboxylic acids is 1. The van der Waals surface area contributed by atoms with E-state index in [1.54, 1.807) is 42.5 Å². The fraction of sp³-hybridized carbons (Fsp3) is 0.360. The van der Waals surface area contributed by atoms with Crippen LogP contribution in [-0.4, -0.2) is 33.3 Å². The van der Waals surface area contributed by atoms with Gasteiger partial charge in [-0.15, -0.1) is 0 Å². The third kappa shape index (κ3) is 5.57. The standard InChI is InChI=1S/C25H26Cl2N4O5/c1-15(2)36-20-9-8-18(12-19(20)27)28-22-29-23(33)31(14-25(10-11-25)21(32)35-3)24(34)30(22)13-16-4-6-17(26)7-5-16/h4-9,12,15H,10-11,13-14H2,1-3H3,(H,28,29,33). The lowest BCUT2D eigenvalue weighted by Gasteiger charge is -2.18. The van der Waals surface area contributed by atoms with Crippen LogP contribution in [0.4, 0.5) is 11.6 Å². The Bertz CT molecular complexity index is 1400. The number of nitrogens with one attached hydrogen (secondary N) is 1. The maximum Gasteiger partial charge on any atom is 0.354 e. The second kappa shape index (κ2) is 10.4. The van der Waals surface area contributed by atoms with Crippen LogP contribution in [0, 0.1) is 5.41 Å². The summed E-state index contributed by atoms with van der Waals surface area (Å²) in [6.07, 6.45) is 1.01. The molecule has 0 amide bonds. The summed E-state index contributed by atoms with van der Waals surface area (Å²) in [4.78, 5) is 42.9. The number of nitrogens with zero attached hydrogens (tertiary/aromatic N) is 3. The summed E-state index contributed by atoms with van der Waals surface area (Å²) in [7, 11) is 1.29. The molecule has 0 saturated heterocycles. The van der Waals surface area contributed by atoms with E-state index >= 15 is 0 Å². The fourth-order valence-corrected chi connectivity index (χ4v) is 4.18. The number of hydrogen-bond acceptors (Lipinski definition) is 7. The van der Waals surface area contributed by atoms with Crippen molar-refractivity contribution in [1.82, 2.24) is 14.1 Å². The predicted molar refractivity (Wildman–Crippen MR) is 137 cm³/mol. The minimum Gasteiger partial charge on any atom is -0.489 e. The van der Waals surface area contributed by atoms with Gasteiger partial charge in [0.05, 0.1) is 30.2 Å². The van der Waals surface area contributed by atoms with Gasteiger partial charge in [-0.05, 0) is 62.6 Å². The van der Waals surface area contributed by atoms with Crippen molar-refractivity contribution >= 4 is 40.8 Å². The van der Waals surface area contributed by atoms with Crippen LogP contribution in [0.2, 0.25) is 10.0 Å². The third-order valence-corrected chi connectivity index (χ3v) is 6.43. The molecule has 1 aliphatic rings. The normalized spacial score (nSPS) is 13.9. The molecule has 0 radical (unpaired) electrons. The molecule has 9 nitrogen and oxygen atoms in total. The third-order valence-electron chi connectivity index (χ3n) is 5.89. The second-order valence-electron chi connectivity index (χ2n) is 9.01. The number of ether oxygens (including phenoxy) is 2. The van der Waals surface area contributed by atoms with E-state index in [1.807, 2.05) is 13.8 Å². The van der Waals surface area contributed by atoms with Crippen LogP contribution in [-0.2, 0) is 22.6 Å². The zero-order valence-electron chi connectivity index (χ0n) is 20.1. The van der Waals surface area contributed by atoms with E-state index < -0.39 is 22.8 Å². The number of benzene rings is 2. The van der Waals surface area contributed by atoms with Gasteiger partial charge in [0.1, 0.15) is 5.75 Å². The number of rotatable bonds is 9. The first kappa shape index (κ1) is 25.8. The van der Waals surface area contributed by atoms with Crippen LogP contribution in [0.1, 0.15) is 32.3 Å². The fourth-order valence-electron chi connectivity index (χ4n) is 3.83. The van der Waals surface area contributed by atoms with E-state index in [4.69, 9.17) is 32.7 Å². The van der Waals surface area contributed by atoms with E-state index in [1.165, 1.54) is 11.7 Å². The highest BCUT2D eigenvalue weighted by atomic mass is 35.5. The molecule has 1 saturated carbocycles. The van der Waals surface area contributed by atoms with Gasteiger partial charge in [0.2, 0.25) is 5.95 Å². The Morgan fingerprint density at radius 2 is 1.81 bits per heavy atom. The van der Waals surface area contributed by atoms with Crippen molar-refractivity contribution in [2.75, 3.05) is 12.4 Å². The molecule has 2 aromatic carbocycles. The van der Waals surface area contributed by atoms with Gasteiger partial charge in [-0.1, -0.05) is 35.3 Å². The Morgan fingerprint density at radius 1 is 1.11 bits per heavy atom.